The zero-order chi connectivity index (χ0) is 13.8. The van der Waals surface area contributed by atoms with Gasteiger partial charge in [-0.1, -0.05) is 6.07 Å². The van der Waals surface area contributed by atoms with E-state index in [9.17, 15) is 4.79 Å². The maximum atomic E-state index is 12.1. The van der Waals surface area contributed by atoms with Crippen LogP contribution in [0.5, 0.6) is 5.75 Å². The summed E-state index contributed by atoms with van der Waals surface area (Å²) in [6.07, 6.45) is 1.90. The number of amides is 1. The largest absolute Gasteiger partial charge is 0.489 e. The topological polar surface area (TPSA) is 64.3 Å². The molecular weight excluding hydrogens is 240 g/mol. The average Bonchev–Trinajstić information content (AvgIpc) is 2.80. The van der Waals surface area contributed by atoms with Crippen LogP contribution in [0.1, 0.15) is 37.0 Å². The van der Waals surface area contributed by atoms with Crippen molar-refractivity contribution < 1.29 is 9.53 Å². The van der Waals surface area contributed by atoms with Gasteiger partial charge < -0.3 is 15.8 Å². The van der Waals surface area contributed by atoms with Crippen molar-refractivity contribution in [2.45, 2.75) is 45.1 Å². The van der Waals surface area contributed by atoms with E-state index in [4.69, 9.17) is 10.5 Å². The number of nitrogens with two attached hydrogens (primary N) is 1. The van der Waals surface area contributed by atoms with E-state index in [2.05, 4.69) is 11.4 Å². The molecule has 3 N–H and O–H groups in total. The predicted octanol–water partition coefficient (Wildman–Crippen LogP) is 1.88. The normalized spacial score (nSPS) is 22.7. The van der Waals surface area contributed by atoms with Crippen molar-refractivity contribution in [3.05, 3.63) is 22.8 Å². The van der Waals surface area contributed by atoms with Crippen LogP contribution < -0.4 is 15.8 Å². The Balaban J connectivity index is 2.12. The van der Waals surface area contributed by atoms with Crippen LogP contribution in [0.2, 0.25) is 0 Å². The fourth-order valence-electron chi connectivity index (χ4n) is 3.10. The van der Waals surface area contributed by atoms with Crippen molar-refractivity contribution >= 4 is 11.6 Å². The first-order valence-corrected chi connectivity index (χ1v) is 6.80. The van der Waals surface area contributed by atoms with Gasteiger partial charge >= 0.3 is 0 Å². The molecule has 4 nitrogen and oxygen atoms in total. The highest BCUT2D eigenvalue weighted by Gasteiger charge is 2.44. The quantitative estimate of drug-likeness (QED) is 0.853. The molecule has 3 rings (SSSR count). The molecule has 0 radical (unpaired) electrons. The average molecular weight is 260 g/mol. The van der Waals surface area contributed by atoms with Crippen molar-refractivity contribution in [3.63, 3.8) is 0 Å². The molecule has 1 atom stereocenters. The summed E-state index contributed by atoms with van der Waals surface area (Å²) in [5.41, 5.74) is 9.37. The summed E-state index contributed by atoms with van der Waals surface area (Å²) in [6.45, 7) is 6.57. The molecule has 0 aromatic heterocycles. The molecule has 0 saturated heterocycles. The Bertz CT molecular complexity index is 564. The minimum atomic E-state index is -0.525. The fourth-order valence-corrected chi connectivity index (χ4v) is 3.10. The number of nitrogens with one attached hydrogen (secondary N) is 1. The number of hydrogen-bond acceptors (Lipinski definition) is 3. The number of ether oxygens (including phenoxy) is 1. The summed E-state index contributed by atoms with van der Waals surface area (Å²) in [5, 5.41) is 2.99. The van der Waals surface area contributed by atoms with Crippen LogP contribution in [0, 0.1) is 6.92 Å². The van der Waals surface area contributed by atoms with Gasteiger partial charge in [0.2, 0.25) is 5.91 Å². The van der Waals surface area contributed by atoms with Gasteiger partial charge in [-0.05, 0) is 44.9 Å². The molecule has 0 spiro atoms. The van der Waals surface area contributed by atoms with Gasteiger partial charge in [0, 0.05) is 12.0 Å². The van der Waals surface area contributed by atoms with Crippen LogP contribution in [0.25, 0.3) is 0 Å². The highest BCUT2D eigenvalue weighted by atomic mass is 16.5. The molecule has 19 heavy (non-hydrogen) atoms. The molecule has 1 aromatic rings. The van der Waals surface area contributed by atoms with E-state index in [1.54, 1.807) is 0 Å². The van der Waals surface area contributed by atoms with E-state index in [-0.39, 0.29) is 12.0 Å². The number of aryl methyl sites for hydroxylation is 1. The molecular formula is C15H20N2O2. The molecule has 102 valence electrons. The van der Waals surface area contributed by atoms with Crippen molar-refractivity contribution in [2.75, 3.05) is 11.9 Å². The molecule has 1 amide bonds. The zero-order valence-electron chi connectivity index (χ0n) is 11.7. The Hall–Kier alpha value is -1.55. The summed E-state index contributed by atoms with van der Waals surface area (Å²) in [6, 6.07) is 2.13. The summed E-state index contributed by atoms with van der Waals surface area (Å²) in [7, 11) is 0. The number of carbonyl (C=O) groups is 1. The minimum absolute atomic E-state index is 0.0462. The molecule has 0 bridgehead atoms. The van der Waals surface area contributed by atoms with E-state index < -0.39 is 5.41 Å². The van der Waals surface area contributed by atoms with Gasteiger partial charge in [-0.15, -0.1) is 0 Å². The van der Waals surface area contributed by atoms with Crippen molar-refractivity contribution in [2.24, 2.45) is 5.73 Å². The van der Waals surface area contributed by atoms with E-state index >= 15 is 0 Å². The van der Waals surface area contributed by atoms with Gasteiger partial charge in [0.25, 0.3) is 0 Å². The van der Waals surface area contributed by atoms with E-state index in [0.717, 1.165) is 35.4 Å². The van der Waals surface area contributed by atoms with Crippen LogP contribution in [-0.2, 0) is 16.6 Å². The summed E-state index contributed by atoms with van der Waals surface area (Å²) in [4.78, 5) is 12.1. The third kappa shape index (κ3) is 1.66. The number of fused-ring (bicyclic) bond motifs is 3. The van der Waals surface area contributed by atoms with E-state index in [0.29, 0.717) is 6.54 Å². The van der Waals surface area contributed by atoms with Crippen molar-refractivity contribution in [1.82, 2.24) is 0 Å². The van der Waals surface area contributed by atoms with Crippen LogP contribution in [0.3, 0.4) is 0 Å². The highest BCUT2D eigenvalue weighted by Crippen LogP contribution is 2.49. The molecule has 2 heterocycles. The molecule has 1 aromatic carbocycles. The van der Waals surface area contributed by atoms with Crippen molar-refractivity contribution in [1.29, 1.82) is 0 Å². The van der Waals surface area contributed by atoms with E-state index in [1.165, 1.54) is 5.56 Å². The maximum absolute atomic E-state index is 12.1. The van der Waals surface area contributed by atoms with Gasteiger partial charge in [0.05, 0.1) is 11.1 Å². The van der Waals surface area contributed by atoms with Crippen molar-refractivity contribution in [3.8, 4) is 5.75 Å². The smallest absolute Gasteiger partial charge is 0.234 e. The number of benzene rings is 1. The second-order valence-electron chi connectivity index (χ2n) is 6.03. The third-order valence-corrected chi connectivity index (χ3v) is 4.21. The third-order valence-electron chi connectivity index (χ3n) is 4.21. The number of hydrogen-bond donors (Lipinski definition) is 2. The molecule has 0 fully saturated rings. The Morgan fingerprint density at radius 2 is 2.26 bits per heavy atom. The second kappa shape index (κ2) is 3.97. The standard InChI is InChI=1S/C15H20N2O2/c1-8-6-9-7-10(4-5-16)19-13(9)11-12(8)17-14(18)15(11,2)3/h6,10H,4-5,7,16H2,1-3H3,(H,17,18). The van der Waals surface area contributed by atoms with Gasteiger partial charge in [-0.2, -0.15) is 0 Å². The molecule has 0 aliphatic carbocycles. The lowest BCUT2D eigenvalue weighted by Gasteiger charge is -2.19. The van der Waals surface area contributed by atoms with Crippen LogP contribution in [0.15, 0.2) is 6.07 Å². The SMILES string of the molecule is Cc1cc2c(c3c1NC(=O)C3(C)C)OC(CCN)C2. The predicted molar refractivity (Wildman–Crippen MR) is 74.6 cm³/mol. The highest BCUT2D eigenvalue weighted by molar-refractivity contribution is 6.07. The van der Waals surface area contributed by atoms with Crippen LogP contribution in [0.4, 0.5) is 5.69 Å². The summed E-state index contributed by atoms with van der Waals surface area (Å²) >= 11 is 0. The molecule has 2 aliphatic heterocycles. The Morgan fingerprint density at radius 1 is 1.53 bits per heavy atom. The lowest BCUT2D eigenvalue weighted by Crippen LogP contribution is -2.27. The Morgan fingerprint density at radius 3 is 2.95 bits per heavy atom. The lowest BCUT2D eigenvalue weighted by molar-refractivity contribution is -0.119. The molecule has 1 unspecified atom stereocenters. The first-order chi connectivity index (χ1) is 8.95. The van der Waals surface area contributed by atoms with E-state index in [1.807, 2.05) is 20.8 Å². The Labute approximate surface area is 113 Å². The second-order valence-corrected chi connectivity index (χ2v) is 6.03. The minimum Gasteiger partial charge on any atom is -0.489 e. The summed E-state index contributed by atoms with van der Waals surface area (Å²) < 4.78 is 6.06. The summed E-state index contributed by atoms with van der Waals surface area (Å²) in [5.74, 6) is 0.951. The van der Waals surface area contributed by atoms with Gasteiger partial charge in [0.15, 0.2) is 0 Å². The monoisotopic (exact) mass is 260 g/mol. The van der Waals surface area contributed by atoms with Gasteiger partial charge in [-0.3, -0.25) is 4.79 Å². The lowest BCUT2D eigenvalue weighted by atomic mass is 9.83. The number of anilines is 1. The zero-order valence-corrected chi connectivity index (χ0v) is 11.7. The number of rotatable bonds is 2. The molecule has 0 saturated carbocycles. The first kappa shape index (κ1) is 12.5. The molecule has 4 heteroatoms. The first-order valence-electron chi connectivity index (χ1n) is 6.80. The number of carbonyl (C=O) groups excluding carboxylic acids is 1. The Kier molecular flexibility index (Phi) is 2.61. The molecule has 2 aliphatic rings. The van der Waals surface area contributed by atoms with Gasteiger partial charge in [-0.25, -0.2) is 0 Å². The van der Waals surface area contributed by atoms with Crippen LogP contribution in [-0.4, -0.2) is 18.6 Å². The van der Waals surface area contributed by atoms with Gasteiger partial charge in [0.1, 0.15) is 11.9 Å². The fraction of sp³-hybridized carbons (Fsp3) is 0.533. The maximum Gasteiger partial charge on any atom is 0.234 e. The van der Waals surface area contributed by atoms with Crippen LogP contribution >= 0.6 is 0 Å².